The van der Waals surface area contributed by atoms with E-state index in [1.54, 1.807) is 11.8 Å². The predicted octanol–water partition coefficient (Wildman–Crippen LogP) is 1.77. The third-order valence-corrected chi connectivity index (χ3v) is 5.95. The first-order chi connectivity index (χ1) is 9.33. The number of carboxylic acid groups (broad SMARTS) is 1. The minimum absolute atomic E-state index is 0.106. The summed E-state index contributed by atoms with van der Waals surface area (Å²) in [7, 11) is -3.88. The number of hydrogen-bond donors (Lipinski definition) is 2. The highest BCUT2D eigenvalue weighted by molar-refractivity contribution is 7.99. The molecule has 112 valence electrons. The van der Waals surface area contributed by atoms with Crippen LogP contribution in [0.15, 0.2) is 9.31 Å². The average molecular weight is 319 g/mol. The summed E-state index contributed by atoms with van der Waals surface area (Å²) in [6, 6.07) is -0.141. The van der Waals surface area contributed by atoms with Crippen LogP contribution in [0.3, 0.4) is 0 Å². The molecule has 1 saturated heterocycles. The van der Waals surface area contributed by atoms with Gasteiger partial charge in [0.05, 0.1) is 0 Å². The van der Waals surface area contributed by atoms with Crippen molar-refractivity contribution in [3.63, 3.8) is 0 Å². The fourth-order valence-electron chi connectivity index (χ4n) is 2.33. The lowest BCUT2D eigenvalue weighted by Gasteiger charge is -2.22. The third kappa shape index (κ3) is 3.02. The zero-order valence-corrected chi connectivity index (χ0v) is 12.9. The number of carboxylic acids is 1. The van der Waals surface area contributed by atoms with Crippen molar-refractivity contribution in [3.05, 3.63) is 17.1 Å². The number of rotatable bonds is 4. The van der Waals surface area contributed by atoms with Crippen LogP contribution in [0.5, 0.6) is 0 Å². The molecule has 20 heavy (non-hydrogen) atoms. The van der Waals surface area contributed by atoms with Gasteiger partial charge in [-0.3, -0.25) is 0 Å². The molecule has 1 aliphatic rings. The molecule has 0 bridgehead atoms. The molecule has 2 N–H and O–H groups in total. The largest absolute Gasteiger partial charge is 0.478 e. The molecule has 0 radical (unpaired) electrons. The second kappa shape index (κ2) is 5.79. The summed E-state index contributed by atoms with van der Waals surface area (Å²) in [5.41, 5.74) is -0.278. The van der Waals surface area contributed by atoms with Crippen molar-refractivity contribution < 1.29 is 22.7 Å². The minimum Gasteiger partial charge on any atom is -0.478 e. The second-order valence-corrected chi connectivity index (χ2v) is 7.61. The van der Waals surface area contributed by atoms with E-state index in [2.05, 4.69) is 4.72 Å². The molecule has 1 fully saturated rings. The molecule has 0 spiro atoms. The number of hydrogen-bond acceptors (Lipinski definition) is 5. The van der Waals surface area contributed by atoms with Gasteiger partial charge in [0, 0.05) is 6.04 Å². The fourth-order valence-corrected chi connectivity index (χ4v) is 5.15. The maximum absolute atomic E-state index is 12.4. The highest BCUT2D eigenvalue weighted by Gasteiger charge is 2.32. The molecule has 0 aliphatic carbocycles. The molecule has 0 atom stereocenters. The quantitative estimate of drug-likeness (QED) is 0.878. The van der Waals surface area contributed by atoms with Gasteiger partial charge in [-0.05, 0) is 38.2 Å². The van der Waals surface area contributed by atoms with Crippen LogP contribution in [0.4, 0.5) is 0 Å². The van der Waals surface area contributed by atoms with E-state index in [1.807, 2.05) is 0 Å². The molecule has 0 aromatic carbocycles. The van der Waals surface area contributed by atoms with Gasteiger partial charge in [-0.15, -0.1) is 0 Å². The van der Waals surface area contributed by atoms with Gasteiger partial charge >= 0.3 is 5.97 Å². The Morgan fingerprint density at radius 1 is 1.30 bits per heavy atom. The standard InChI is InChI=1S/C12H17NO5S2/c1-7-10(12(14)15)11(8(2)18-7)20(16,17)13-9-3-5-19-6-4-9/h9,13H,3-6H2,1-2H3,(H,14,15). The fraction of sp³-hybridized carbons (Fsp3) is 0.583. The summed E-state index contributed by atoms with van der Waals surface area (Å²) in [4.78, 5) is 11.0. The number of furan rings is 1. The van der Waals surface area contributed by atoms with Crippen LogP contribution in [0.1, 0.15) is 34.7 Å². The van der Waals surface area contributed by atoms with Crippen molar-refractivity contribution in [1.82, 2.24) is 4.72 Å². The van der Waals surface area contributed by atoms with E-state index >= 15 is 0 Å². The minimum atomic E-state index is -3.88. The lowest BCUT2D eigenvalue weighted by Crippen LogP contribution is -2.38. The van der Waals surface area contributed by atoms with E-state index in [0.717, 1.165) is 24.3 Å². The first-order valence-corrected chi connectivity index (χ1v) is 8.90. The summed E-state index contributed by atoms with van der Waals surface area (Å²) in [5.74, 6) is 0.733. The van der Waals surface area contributed by atoms with Crippen molar-refractivity contribution in [3.8, 4) is 0 Å². The molecule has 1 aromatic rings. The van der Waals surface area contributed by atoms with E-state index in [0.29, 0.717) is 0 Å². The van der Waals surface area contributed by atoms with Crippen molar-refractivity contribution in [2.45, 2.75) is 37.6 Å². The number of carbonyl (C=O) groups is 1. The molecule has 0 unspecified atom stereocenters. The molecule has 0 amide bonds. The number of nitrogens with one attached hydrogen (secondary N) is 1. The van der Waals surface area contributed by atoms with E-state index in [-0.39, 0.29) is 28.0 Å². The molecular formula is C12H17NO5S2. The van der Waals surface area contributed by atoms with Gasteiger partial charge < -0.3 is 9.52 Å². The van der Waals surface area contributed by atoms with Crippen molar-refractivity contribution in [2.75, 3.05) is 11.5 Å². The number of sulfonamides is 1. The molecule has 2 rings (SSSR count). The summed E-state index contributed by atoms with van der Waals surface area (Å²) < 4.78 is 32.6. The zero-order chi connectivity index (χ0) is 14.9. The van der Waals surface area contributed by atoms with Crippen molar-refractivity contribution in [1.29, 1.82) is 0 Å². The SMILES string of the molecule is Cc1oc(C)c(S(=O)(=O)NC2CCSCC2)c1C(=O)O. The molecule has 0 saturated carbocycles. The Morgan fingerprint density at radius 2 is 1.90 bits per heavy atom. The molecule has 6 nitrogen and oxygen atoms in total. The van der Waals surface area contributed by atoms with Crippen LogP contribution in [0.25, 0.3) is 0 Å². The van der Waals surface area contributed by atoms with Crippen molar-refractivity contribution in [2.24, 2.45) is 0 Å². The highest BCUT2D eigenvalue weighted by atomic mass is 32.2. The van der Waals surface area contributed by atoms with Gasteiger partial charge in [0.1, 0.15) is 22.0 Å². The van der Waals surface area contributed by atoms with E-state index in [4.69, 9.17) is 4.42 Å². The van der Waals surface area contributed by atoms with E-state index < -0.39 is 16.0 Å². The maximum atomic E-state index is 12.4. The lowest BCUT2D eigenvalue weighted by atomic mass is 10.2. The normalized spacial score (nSPS) is 17.3. The van der Waals surface area contributed by atoms with E-state index in [9.17, 15) is 18.3 Å². The van der Waals surface area contributed by atoms with Gasteiger partial charge in [0.25, 0.3) is 0 Å². The lowest BCUT2D eigenvalue weighted by molar-refractivity contribution is 0.0691. The molecule has 8 heteroatoms. The van der Waals surface area contributed by atoms with Crippen molar-refractivity contribution >= 4 is 27.8 Å². The predicted molar refractivity (Wildman–Crippen MR) is 75.8 cm³/mol. The van der Waals surface area contributed by atoms with Crippen LogP contribution in [0, 0.1) is 13.8 Å². The average Bonchev–Trinajstić information content (AvgIpc) is 2.65. The summed E-state index contributed by atoms with van der Waals surface area (Å²) in [6.07, 6.45) is 1.50. The Bertz CT molecular complexity index is 614. The van der Waals surface area contributed by atoms with Gasteiger partial charge in [0.15, 0.2) is 0 Å². The Morgan fingerprint density at radius 3 is 2.45 bits per heavy atom. The summed E-state index contributed by atoms with van der Waals surface area (Å²) in [5, 5.41) is 9.17. The van der Waals surface area contributed by atoms with Crippen LogP contribution in [-0.2, 0) is 10.0 Å². The van der Waals surface area contributed by atoms with Crippen LogP contribution >= 0.6 is 11.8 Å². The smallest absolute Gasteiger partial charge is 0.340 e. The summed E-state index contributed by atoms with van der Waals surface area (Å²) in [6.45, 7) is 2.91. The Labute approximate surface area is 122 Å². The summed E-state index contributed by atoms with van der Waals surface area (Å²) >= 11 is 1.79. The first-order valence-electron chi connectivity index (χ1n) is 6.26. The van der Waals surface area contributed by atoms with Gasteiger partial charge in [-0.25, -0.2) is 17.9 Å². The van der Waals surface area contributed by atoms with Gasteiger partial charge in [-0.2, -0.15) is 11.8 Å². The third-order valence-electron chi connectivity index (χ3n) is 3.23. The molecular weight excluding hydrogens is 302 g/mol. The first kappa shape index (κ1) is 15.4. The maximum Gasteiger partial charge on any atom is 0.340 e. The van der Waals surface area contributed by atoms with Crippen LogP contribution in [0.2, 0.25) is 0 Å². The Hall–Kier alpha value is -0.990. The number of aromatic carboxylic acids is 1. The molecule has 2 heterocycles. The topological polar surface area (TPSA) is 96.6 Å². The number of aryl methyl sites for hydroxylation is 2. The van der Waals surface area contributed by atoms with E-state index in [1.165, 1.54) is 13.8 Å². The Kier molecular flexibility index (Phi) is 4.46. The molecule has 1 aliphatic heterocycles. The second-order valence-electron chi connectivity index (χ2n) is 4.73. The van der Waals surface area contributed by atoms with Gasteiger partial charge in [-0.1, -0.05) is 0 Å². The highest BCUT2D eigenvalue weighted by Crippen LogP contribution is 2.27. The molecule has 1 aromatic heterocycles. The van der Waals surface area contributed by atoms with Gasteiger partial charge in [0.2, 0.25) is 10.0 Å². The number of thioether (sulfide) groups is 1. The van der Waals surface area contributed by atoms with Crippen LogP contribution < -0.4 is 4.72 Å². The van der Waals surface area contributed by atoms with Crippen LogP contribution in [-0.4, -0.2) is 37.0 Å². The Balaban J connectivity index is 2.36. The monoisotopic (exact) mass is 319 g/mol. The zero-order valence-electron chi connectivity index (χ0n) is 11.3.